The summed E-state index contributed by atoms with van der Waals surface area (Å²) in [6.45, 7) is 11.0. The third-order valence-corrected chi connectivity index (χ3v) is 6.56. The lowest BCUT2D eigenvalue weighted by Gasteiger charge is -2.26. The van der Waals surface area contributed by atoms with Gasteiger partial charge in [-0.1, -0.05) is 41.0 Å². The van der Waals surface area contributed by atoms with E-state index in [1.807, 2.05) is 24.3 Å². The van der Waals surface area contributed by atoms with Gasteiger partial charge in [0.15, 0.2) is 0 Å². The highest BCUT2D eigenvalue weighted by Crippen LogP contribution is 2.37. The molecule has 0 unspecified atom stereocenters. The Morgan fingerprint density at radius 3 is 2.27 bits per heavy atom. The zero-order valence-corrected chi connectivity index (χ0v) is 22.2. The fraction of sp³-hybridized carbons (Fsp3) is 0.333. The predicted octanol–water partition coefficient (Wildman–Crippen LogP) is 7.07. The summed E-state index contributed by atoms with van der Waals surface area (Å²) in [6.07, 6.45) is 6.88. The molecule has 0 atom stereocenters. The van der Waals surface area contributed by atoms with Crippen LogP contribution < -0.4 is 15.8 Å². The molecule has 3 heterocycles. The molecular formula is C30H35N5O2. The average Bonchev–Trinajstić information content (AvgIpc) is 2.89. The summed E-state index contributed by atoms with van der Waals surface area (Å²) in [5, 5.41) is 3.99. The van der Waals surface area contributed by atoms with E-state index in [-0.39, 0.29) is 23.4 Å². The summed E-state index contributed by atoms with van der Waals surface area (Å²) in [5.74, 6) is 0.350. The molecule has 0 bridgehead atoms. The Morgan fingerprint density at radius 1 is 0.973 bits per heavy atom. The van der Waals surface area contributed by atoms with Crippen LogP contribution in [0.2, 0.25) is 0 Å². The molecule has 0 aliphatic rings. The van der Waals surface area contributed by atoms with Crippen molar-refractivity contribution in [3.8, 4) is 11.1 Å². The number of urea groups is 1. The van der Waals surface area contributed by atoms with Gasteiger partial charge in [-0.2, -0.15) is 0 Å². The van der Waals surface area contributed by atoms with Crippen LogP contribution in [0.15, 0.2) is 65.8 Å². The van der Waals surface area contributed by atoms with Crippen LogP contribution in [0.3, 0.4) is 0 Å². The van der Waals surface area contributed by atoms with E-state index in [0.717, 1.165) is 46.2 Å². The fourth-order valence-electron chi connectivity index (χ4n) is 4.50. The summed E-state index contributed by atoms with van der Waals surface area (Å²) >= 11 is 0. The molecular weight excluding hydrogens is 462 g/mol. The standard InChI is InChI=1S/C30H35N5O2/c1-6-7-15-35(26-18-22-9-8-12-32-28(22)34-29(26)36)30(37)33-27-24(19(2)3)16-23(17-25(27)20(4)5)21-10-13-31-14-11-21/h8-14,16-20H,6-7,15H2,1-5H3,(H,33,37)(H,32,34,36). The number of H-pyrrole nitrogens is 1. The van der Waals surface area contributed by atoms with Crippen molar-refractivity contribution < 1.29 is 4.79 Å². The molecule has 0 saturated heterocycles. The Bertz CT molecular complexity index is 1410. The second-order valence-corrected chi connectivity index (χ2v) is 9.94. The van der Waals surface area contributed by atoms with Crippen molar-refractivity contribution in [1.29, 1.82) is 0 Å². The van der Waals surface area contributed by atoms with Gasteiger partial charge < -0.3 is 10.3 Å². The molecule has 3 aromatic heterocycles. The number of unbranched alkanes of at least 4 members (excludes halogenated alkanes) is 1. The maximum absolute atomic E-state index is 13.8. The summed E-state index contributed by atoms with van der Waals surface area (Å²) in [4.78, 5) is 39.6. The van der Waals surface area contributed by atoms with Crippen LogP contribution in [0.1, 0.15) is 70.4 Å². The largest absolute Gasteiger partial charge is 0.326 e. The number of hydrogen-bond donors (Lipinski definition) is 2. The molecule has 0 saturated carbocycles. The molecule has 0 spiro atoms. The van der Waals surface area contributed by atoms with E-state index in [4.69, 9.17) is 0 Å². The van der Waals surface area contributed by atoms with Crippen LogP contribution in [0.25, 0.3) is 22.2 Å². The van der Waals surface area contributed by atoms with Crippen LogP contribution in [-0.4, -0.2) is 27.5 Å². The van der Waals surface area contributed by atoms with Crippen molar-refractivity contribution >= 4 is 28.4 Å². The van der Waals surface area contributed by atoms with E-state index in [1.54, 1.807) is 29.6 Å². The third-order valence-electron chi connectivity index (χ3n) is 6.56. The Morgan fingerprint density at radius 2 is 1.65 bits per heavy atom. The zero-order chi connectivity index (χ0) is 26.5. The number of carbonyl (C=O) groups is 1. The lowest BCUT2D eigenvalue weighted by Crippen LogP contribution is -2.39. The highest BCUT2D eigenvalue weighted by molar-refractivity contribution is 6.03. The van der Waals surface area contributed by atoms with E-state index < -0.39 is 0 Å². The van der Waals surface area contributed by atoms with Gasteiger partial charge in [0.1, 0.15) is 11.3 Å². The van der Waals surface area contributed by atoms with E-state index in [9.17, 15) is 9.59 Å². The van der Waals surface area contributed by atoms with Crippen molar-refractivity contribution in [3.05, 3.63) is 82.5 Å². The molecule has 192 valence electrons. The molecule has 0 aliphatic carbocycles. The summed E-state index contributed by atoms with van der Waals surface area (Å²) in [6, 6.07) is 13.4. The minimum Gasteiger partial charge on any atom is -0.307 e. The highest BCUT2D eigenvalue weighted by Gasteiger charge is 2.24. The SMILES string of the molecule is CCCCN(C(=O)Nc1c(C(C)C)cc(-c2ccncc2)cc1C(C)C)c1cc2cccnc2[nH]c1=O. The molecule has 0 aliphatic heterocycles. The Hall–Kier alpha value is -4.00. The normalized spacial score (nSPS) is 11.3. The van der Waals surface area contributed by atoms with Crippen molar-refractivity contribution in [2.24, 2.45) is 0 Å². The van der Waals surface area contributed by atoms with Gasteiger partial charge in [-0.25, -0.2) is 9.78 Å². The fourth-order valence-corrected chi connectivity index (χ4v) is 4.50. The zero-order valence-electron chi connectivity index (χ0n) is 22.2. The molecule has 0 radical (unpaired) electrons. The first-order valence-electron chi connectivity index (χ1n) is 12.9. The second-order valence-electron chi connectivity index (χ2n) is 9.94. The Balaban J connectivity index is 1.79. The lowest BCUT2D eigenvalue weighted by molar-refractivity contribution is 0.256. The average molecular weight is 498 g/mol. The number of pyridine rings is 3. The van der Waals surface area contributed by atoms with Crippen molar-refractivity contribution in [3.63, 3.8) is 0 Å². The van der Waals surface area contributed by atoms with E-state index in [2.05, 4.69) is 67.0 Å². The number of anilines is 2. The topological polar surface area (TPSA) is 91.0 Å². The van der Waals surface area contributed by atoms with Gasteiger partial charge in [0.25, 0.3) is 5.56 Å². The van der Waals surface area contributed by atoms with Crippen LogP contribution in [0.5, 0.6) is 0 Å². The van der Waals surface area contributed by atoms with Crippen molar-refractivity contribution in [2.75, 3.05) is 16.8 Å². The number of benzene rings is 1. The molecule has 1 aromatic carbocycles. The number of nitrogens with zero attached hydrogens (tertiary/aromatic N) is 3. The lowest BCUT2D eigenvalue weighted by atomic mass is 9.88. The quantitative estimate of drug-likeness (QED) is 0.272. The van der Waals surface area contributed by atoms with Gasteiger partial charge in [-0.05, 0) is 83.0 Å². The molecule has 0 fully saturated rings. The molecule has 2 amide bonds. The van der Waals surface area contributed by atoms with E-state index in [0.29, 0.717) is 17.9 Å². The first-order chi connectivity index (χ1) is 17.8. The van der Waals surface area contributed by atoms with Gasteiger partial charge in [0, 0.05) is 36.2 Å². The number of nitrogens with one attached hydrogen (secondary N) is 2. The molecule has 37 heavy (non-hydrogen) atoms. The Labute approximate surface area is 218 Å². The first-order valence-corrected chi connectivity index (χ1v) is 12.9. The predicted molar refractivity (Wildman–Crippen MR) is 151 cm³/mol. The number of rotatable bonds is 8. The molecule has 7 heteroatoms. The van der Waals surface area contributed by atoms with Crippen LogP contribution in [0.4, 0.5) is 16.2 Å². The molecule has 7 nitrogen and oxygen atoms in total. The minimum atomic E-state index is -0.335. The number of aromatic nitrogens is 3. The van der Waals surface area contributed by atoms with E-state index in [1.165, 1.54) is 0 Å². The molecule has 2 N–H and O–H groups in total. The van der Waals surface area contributed by atoms with Gasteiger partial charge in [-0.15, -0.1) is 0 Å². The minimum absolute atomic E-state index is 0.175. The summed E-state index contributed by atoms with van der Waals surface area (Å²) in [7, 11) is 0. The number of hydrogen-bond acceptors (Lipinski definition) is 4. The maximum atomic E-state index is 13.8. The van der Waals surface area contributed by atoms with Crippen molar-refractivity contribution in [2.45, 2.75) is 59.3 Å². The smallest absolute Gasteiger partial charge is 0.307 e. The number of aromatic amines is 1. The summed E-state index contributed by atoms with van der Waals surface area (Å²) in [5.41, 5.74) is 5.58. The monoisotopic (exact) mass is 497 g/mol. The van der Waals surface area contributed by atoms with Crippen LogP contribution >= 0.6 is 0 Å². The van der Waals surface area contributed by atoms with Gasteiger partial charge in [-0.3, -0.25) is 14.7 Å². The summed E-state index contributed by atoms with van der Waals surface area (Å²) < 4.78 is 0. The Kier molecular flexibility index (Phi) is 8.01. The second kappa shape index (κ2) is 11.4. The maximum Gasteiger partial charge on any atom is 0.326 e. The third kappa shape index (κ3) is 5.71. The van der Waals surface area contributed by atoms with Gasteiger partial charge in [0.05, 0.1) is 0 Å². The van der Waals surface area contributed by atoms with Gasteiger partial charge in [0.2, 0.25) is 0 Å². The number of fused-ring (bicyclic) bond motifs is 1. The van der Waals surface area contributed by atoms with Gasteiger partial charge >= 0.3 is 6.03 Å². The van der Waals surface area contributed by atoms with Crippen LogP contribution in [-0.2, 0) is 0 Å². The molecule has 4 aromatic rings. The first kappa shape index (κ1) is 26.1. The number of amides is 2. The van der Waals surface area contributed by atoms with Crippen LogP contribution in [0, 0.1) is 0 Å². The molecule has 4 rings (SSSR count). The van der Waals surface area contributed by atoms with E-state index >= 15 is 0 Å². The number of carbonyl (C=O) groups excluding carboxylic acids is 1. The van der Waals surface area contributed by atoms with Crippen molar-refractivity contribution in [1.82, 2.24) is 15.0 Å². The highest BCUT2D eigenvalue weighted by atomic mass is 16.2.